The van der Waals surface area contributed by atoms with E-state index in [4.69, 9.17) is 4.98 Å². The third-order valence-electron chi connectivity index (χ3n) is 5.34. The van der Waals surface area contributed by atoms with Crippen molar-refractivity contribution in [3.8, 4) is 5.75 Å². The molecule has 0 atom stereocenters. The monoisotopic (exact) mass is 486 g/mol. The lowest BCUT2D eigenvalue weighted by Gasteiger charge is -2.22. The number of benzene rings is 2. The first kappa shape index (κ1) is 26.0. The summed E-state index contributed by atoms with van der Waals surface area (Å²) in [5.74, 6) is 0.233. The molecule has 0 aliphatic rings. The molecule has 1 heterocycles. The van der Waals surface area contributed by atoms with Gasteiger partial charge in [-0.25, -0.2) is 4.98 Å². The average Bonchev–Trinajstić information content (AvgIpc) is 2.80. The number of aromatic nitrogens is 1. The molecular formula is C26H29F3N4O2. The molecule has 0 aliphatic carbocycles. The van der Waals surface area contributed by atoms with E-state index in [-0.39, 0.29) is 11.7 Å². The Morgan fingerprint density at radius 2 is 1.77 bits per heavy atom. The number of nitrogens with one attached hydrogen (secondary N) is 1. The molecule has 0 saturated heterocycles. The quantitative estimate of drug-likeness (QED) is 0.414. The molecular weight excluding hydrogens is 457 g/mol. The molecule has 3 aromatic rings. The van der Waals surface area contributed by atoms with Crippen molar-refractivity contribution in [3.05, 3.63) is 65.7 Å². The number of carbonyl (C=O) groups excluding carboxylic acids is 1. The highest BCUT2D eigenvalue weighted by atomic mass is 19.4. The van der Waals surface area contributed by atoms with Crippen molar-refractivity contribution in [2.45, 2.75) is 19.7 Å². The first-order chi connectivity index (χ1) is 16.5. The third-order valence-corrected chi connectivity index (χ3v) is 5.34. The van der Waals surface area contributed by atoms with E-state index >= 15 is 0 Å². The number of anilines is 2. The fraction of sp³-hybridized carbons (Fsp3) is 0.308. The highest BCUT2D eigenvalue weighted by Gasteiger charge is 2.30. The van der Waals surface area contributed by atoms with Crippen LogP contribution in [-0.4, -0.2) is 56.4 Å². The van der Waals surface area contributed by atoms with Gasteiger partial charge in [0.2, 0.25) is 5.91 Å². The van der Waals surface area contributed by atoms with Crippen LogP contribution in [-0.2, 0) is 11.2 Å². The molecule has 0 radical (unpaired) electrons. The summed E-state index contributed by atoms with van der Waals surface area (Å²) in [5.41, 5.74) is 3.18. The zero-order chi connectivity index (χ0) is 25.6. The van der Waals surface area contributed by atoms with Crippen LogP contribution in [0.3, 0.4) is 0 Å². The van der Waals surface area contributed by atoms with Gasteiger partial charge in [0.05, 0.1) is 5.52 Å². The minimum absolute atomic E-state index is 0.317. The molecule has 9 heteroatoms. The maximum absolute atomic E-state index is 12.4. The summed E-state index contributed by atoms with van der Waals surface area (Å²) < 4.78 is 40.6. The van der Waals surface area contributed by atoms with Crippen LogP contribution in [0.1, 0.15) is 18.1 Å². The largest absolute Gasteiger partial charge is 0.573 e. The van der Waals surface area contributed by atoms with E-state index in [1.807, 2.05) is 33.3 Å². The van der Waals surface area contributed by atoms with Gasteiger partial charge in [-0.15, -0.1) is 13.2 Å². The van der Waals surface area contributed by atoms with Crippen LogP contribution in [0.15, 0.2) is 54.6 Å². The highest BCUT2D eigenvalue weighted by Crippen LogP contribution is 2.26. The minimum atomic E-state index is -4.74. The van der Waals surface area contributed by atoms with Gasteiger partial charge in [0.15, 0.2) is 0 Å². The highest BCUT2D eigenvalue weighted by molar-refractivity contribution is 6.03. The Hall–Kier alpha value is -3.59. The van der Waals surface area contributed by atoms with E-state index in [1.54, 1.807) is 6.07 Å². The van der Waals surface area contributed by atoms with Gasteiger partial charge in [-0.05, 0) is 74.1 Å². The summed E-state index contributed by atoms with van der Waals surface area (Å²) in [4.78, 5) is 21.4. The fourth-order valence-corrected chi connectivity index (χ4v) is 3.45. The van der Waals surface area contributed by atoms with E-state index in [0.717, 1.165) is 41.8 Å². The number of likely N-dealkylation sites (N-methyl/N-ethyl adjacent to an activating group) is 2. The van der Waals surface area contributed by atoms with Crippen LogP contribution in [0.5, 0.6) is 5.75 Å². The van der Waals surface area contributed by atoms with Crippen molar-refractivity contribution in [2.24, 2.45) is 0 Å². The second-order valence-corrected chi connectivity index (χ2v) is 8.39. The lowest BCUT2D eigenvalue weighted by atomic mass is 10.1. The van der Waals surface area contributed by atoms with E-state index in [2.05, 4.69) is 32.8 Å². The summed E-state index contributed by atoms with van der Waals surface area (Å²) in [6.07, 6.45) is -1.08. The van der Waals surface area contributed by atoms with Gasteiger partial charge >= 0.3 is 6.36 Å². The van der Waals surface area contributed by atoms with Crippen LogP contribution in [0.4, 0.5) is 24.7 Å². The standard InChI is InChI=1S/C26H29F3N4O2/c1-5-19-16-24(33(4)15-14-32(2)3)31-23-12-9-20(17-22(19)23)30-25(34)13-8-18-6-10-21(11-7-18)35-26(27,28)29/h6-13,16-17H,5,14-15H2,1-4H3,(H,30,34)/b13-8-. The maximum Gasteiger partial charge on any atom is 0.573 e. The first-order valence-electron chi connectivity index (χ1n) is 11.2. The lowest BCUT2D eigenvalue weighted by Crippen LogP contribution is -2.29. The van der Waals surface area contributed by atoms with Gasteiger partial charge in [0.1, 0.15) is 11.6 Å². The molecule has 0 fully saturated rings. The summed E-state index contributed by atoms with van der Waals surface area (Å²) in [6.45, 7) is 3.85. The number of rotatable bonds is 9. The van der Waals surface area contributed by atoms with Gasteiger partial charge in [-0.2, -0.15) is 0 Å². The zero-order valence-electron chi connectivity index (χ0n) is 20.2. The number of aryl methyl sites for hydroxylation is 1. The predicted molar refractivity (Wildman–Crippen MR) is 134 cm³/mol. The average molecular weight is 487 g/mol. The molecule has 0 aliphatic heterocycles. The van der Waals surface area contributed by atoms with Gasteiger partial charge in [0.25, 0.3) is 0 Å². The van der Waals surface area contributed by atoms with Crippen LogP contribution >= 0.6 is 0 Å². The van der Waals surface area contributed by atoms with E-state index in [9.17, 15) is 18.0 Å². The molecule has 1 N–H and O–H groups in total. The summed E-state index contributed by atoms with van der Waals surface area (Å²) in [7, 11) is 6.09. The first-order valence-corrected chi connectivity index (χ1v) is 11.2. The SMILES string of the molecule is CCc1cc(N(C)CCN(C)C)nc2ccc(NC(=O)/C=C\c3ccc(OC(F)(F)F)cc3)cc12. The Labute approximate surface area is 203 Å². The third kappa shape index (κ3) is 7.71. The Kier molecular flexibility index (Phi) is 8.34. The van der Waals surface area contributed by atoms with Crippen LogP contribution in [0.2, 0.25) is 0 Å². The Morgan fingerprint density at radius 1 is 1.06 bits per heavy atom. The number of ether oxygens (including phenoxy) is 1. The van der Waals surface area contributed by atoms with Crippen LogP contribution in [0, 0.1) is 0 Å². The maximum atomic E-state index is 12.4. The number of alkyl halides is 3. The number of pyridine rings is 1. The fourth-order valence-electron chi connectivity index (χ4n) is 3.45. The van der Waals surface area contributed by atoms with Crippen molar-refractivity contribution in [2.75, 3.05) is 44.4 Å². The van der Waals surface area contributed by atoms with Crippen molar-refractivity contribution in [1.82, 2.24) is 9.88 Å². The molecule has 3 rings (SSSR count). The molecule has 6 nitrogen and oxygen atoms in total. The summed E-state index contributed by atoms with van der Waals surface area (Å²) in [5, 5.41) is 3.80. The Bertz CT molecular complexity index is 1190. The summed E-state index contributed by atoms with van der Waals surface area (Å²) >= 11 is 0. The molecule has 0 bridgehead atoms. The molecule has 0 spiro atoms. The van der Waals surface area contributed by atoms with Crippen molar-refractivity contribution in [3.63, 3.8) is 0 Å². The van der Waals surface area contributed by atoms with Gasteiger partial charge in [0, 0.05) is 37.3 Å². The molecule has 1 amide bonds. The number of hydrogen-bond acceptors (Lipinski definition) is 5. The van der Waals surface area contributed by atoms with Crippen molar-refractivity contribution >= 4 is 34.4 Å². The second kappa shape index (κ2) is 11.2. The van der Waals surface area contributed by atoms with Gasteiger partial charge < -0.3 is 19.9 Å². The van der Waals surface area contributed by atoms with Crippen LogP contribution < -0.4 is 15.0 Å². The minimum Gasteiger partial charge on any atom is -0.406 e. The number of nitrogens with zero attached hydrogens (tertiary/aromatic N) is 3. The number of hydrogen-bond donors (Lipinski definition) is 1. The molecule has 35 heavy (non-hydrogen) atoms. The normalized spacial score (nSPS) is 11.9. The zero-order valence-corrected chi connectivity index (χ0v) is 20.2. The lowest BCUT2D eigenvalue weighted by molar-refractivity contribution is -0.274. The summed E-state index contributed by atoms with van der Waals surface area (Å²) in [6, 6.07) is 12.9. The molecule has 2 aromatic carbocycles. The molecule has 1 aromatic heterocycles. The number of halogens is 3. The van der Waals surface area contributed by atoms with E-state index in [0.29, 0.717) is 11.3 Å². The smallest absolute Gasteiger partial charge is 0.406 e. The Morgan fingerprint density at radius 3 is 2.40 bits per heavy atom. The number of carbonyl (C=O) groups is 1. The van der Waals surface area contributed by atoms with Crippen molar-refractivity contribution < 1.29 is 22.7 Å². The van der Waals surface area contributed by atoms with Gasteiger partial charge in [-0.1, -0.05) is 19.1 Å². The Balaban J connectivity index is 1.70. The predicted octanol–water partition coefficient (Wildman–Crippen LogP) is 5.35. The van der Waals surface area contributed by atoms with E-state index in [1.165, 1.54) is 36.4 Å². The topological polar surface area (TPSA) is 57.7 Å². The molecule has 0 unspecified atom stereocenters. The van der Waals surface area contributed by atoms with Crippen molar-refractivity contribution in [1.29, 1.82) is 0 Å². The van der Waals surface area contributed by atoms with Crippen LogP contribution in [0.25, 0.3) is 17.0 Å². The van der Waals surface area contributed by atoms with Gasteiger partial charge in [-0.3, -0.25) is 4.79 Å². The molecule has 186 valence electrons. The molecule has 0 saturated carbocycles. The second-order valence-electron chi connectivity index (χ2n) is 8.39. The number of amides is 1. The number of fused-ring (bicyclic) bond motifs is 1. The van der Waals surface area contributed by atoms with E-state index < -0.39 is 6.36 Å².